The van der Waals surface area contributed by atoms with E-state index in [0.717, 1.165) is 24.2 Å². The highest BCUT2D eigenvalue weighted by Gasteiger charge is 2.40. The Labute approximate surface area is 221 Å². The maximum Gasteiger partial charge on any atom is 0.329 e. The molecule has 1 atom stereocenters. The molecule has 0 saturated carbocycles. The van der Waals surface area contributed by atoms with Gasteiger partial charge in [0.15, 0.2) is 0 Å². The summed E-state index contributed by atoms with van der Waals surface area (Å²) in [6.07, 6.45) is 5.70. The molecule has 2 aromatic heterocycles. The Morgan fingerprint density at radius 3 is 2.87 bits per heavy atom. The van der Waals surface area contributed by atoms with Crippen molar-refractivity contribution in [2.75, 3.05) is 43.6 Å². The van der Waals surface area contributed by atoms with Crippen molar-refractivity contribution in [2.45, 2.75) is 31.1 Å². The first-order valence-electron chi connectivity index (χ1n) is 12.3. The molecule has 2 aliphatic rings. The van der Waals surface area contributed by atoms with E-state index in [2.05, 4.69) is 31.3 Å². The molecule has 0 unspecified atom stereocenters. The van der Waals surface area contributed by atoms with Crippen LogP contribution in [0.3, 0.4) is 0 Å². The third kappa shape index (κ3) is 4.78. The number of aliphatic hydroxyl groups is 1. The van der Waals surface area contributed by atoms with Gasteiger partial charge < -0.3 is 29.5 Å². The quantitative estimate of drug-likeness (QED) is 0.339. The van der Waals surface area contributed by atoms with E-state index in [4.69, 9.17) is 9.47 Å². The Balaban J connectivity index is 1.47. The molecule has 38 heavy (non-hydrogen) atoms. The lowest BCUT2D eigenvalue weighted by molar-refractivity contribution is 0.0834. The number of aliphatic hydroxyl groups excluding tert-OH is 1. The number of benzene rings is 1. The fourth-order valence-corrected chi connectivity index (χ4v) is 4.99. The number of fused-ring (bicyclic) bond motifs is 1. The van der Waals surface area contributed by atoms with Gasteiger partial charge in [-0.15, -0.1) is 0 Å². The van der Waals surface area contributed by atoms with Crippen molar-refractivity contribution in [1.82, 2.24) is 19.9 Å². The minimum Gasteiger partial charge on any atom is -0.479 e. The SMILES string of the molecule is COc1nc(C2CCOCC2)ncc1Nc1nccc(-c2cc(C#N)c3c(c2)[C@@](C)(CO)CN3[B]C=O)n1. The van der Waals surface area contributed by atoms with Crippen LogP contribution >= 0.6 is 0 Å². The van der Waals surface area contributed by atoms with E-state index in [0.29, 0.717) is 66.0 Å². The summed E-state index contributed by atoms with van der Waals surface area (Å²) >= 11 is 0. The third-order valence-corrected chi connectivity index (χ3v) is 7.03. The normalized spacial score (nSPS) is 18.9. The molecule has 1 saturated heterocycles. The van der Waals surface area contributed by atoms with Gasteiger partial charge >= 0.3 is 7.41 Å². The van der Waals surface area contributed by atoms with Gasteiger partial charge in [-0.05, 0) is 36.6 Å². The van der Waals surface area contributed by atoms with Crippen molar-refractivity contribution in [2.24, 2.45) is 0 Å². The van der Waals surface area contributed by atoms with Crippen LogP contribution in [0.2, 0.25) is 0 Å². The lowest BCUT2D eigenvalue weighted by Crippen LogP contribution is -2.36. The number of hydrogen-bond acceptors (Lipinski definition) is 11. The van der Waals surface area contributed by atoms with Gasteiger partial charge in [-0.2, -0.15) is 10.2 Å². The second-order valence-electron chi connectivity index (χ2n) is 9.59. The van der Waals surface area contributed by atoms with Crippen LogP contribution in [0.4, 0.5) is 17.3 Å². The topological polar surface area (TPSA) is 146 Å². The van der Waals surface area contributed by atoms with Gasteiger partial charge in [0.1, 0.15) is 23.8 Å². The van der Waals surface area contributed by atoms with Gasteiger partial charge in [0.2, 0.25) is 11.8 Å². The van der Waals surface area contributed by atoms with Crippen molar-refractivity contribution in [3.63, 3.8) is 0 Å². The van der Waals surface area contributed by atoms with E-state index in [-0.39, 0.29) is 12.5 Å². The highest BCUT2D eigenvalue weighted by atomic mass is 16.5. The average molecular weight is 512 g/mol. The maximum absolute atomic E-state index is 11.2. The zero-order valence-electron chi connectivity index (χ0n) is 21.2. The number of hydrogen-bond donors (Lipinski definition) is 2. The van der Waals surface area contributed by atoms with E-state index < -0.39 is 5.41 Å². The van der Waals surface area contributed by atoms with E-state index in [1.54, 1.807) is 36.4 Å². The first kappa shape index (κ1) is 25.6. The lowest BCUT2D eigenvalue weighted by Gasteiger charge is -2.23. The van der Waals surface area contributed by atoms with E-state index in [1.807, 2.05) is 13.0 Å². The fourth-order valence-electron chi connectivity index (χ4n) is 4.99. The summed E-state index contributed by atoms with van der Waals surface area (Å²) in [6, 6.07) is 7.61. The van der Waals surface area contributed by atoms with Gasteiger partial charge in [-0.25, -0.2) is 15.0 Å². The number of ether oxygens (including phenoxy) is 2. The summed E-state index contributed by atoms with van der Waals surface area (Å²) < 4.78 is 11.0. The molecule has 11 nitrogen and oxygen atoms in total. The van der Waals surface area contributed by atoms with E-state index in [9.17, 15) is 15.2 Å². The zero-order chi connectivity index (χ0) is 26.7. The van der Waals surface area contributed by atoms with Crippen molar-refractivity contribution >= 4 is 30.9 Å². The van der Waals surface area contributed by atoms with E-state index in [1.165, 1.54) is 7.41 Å². The largest absolute Gasteiger partial charge is 0.479 e. The number of carbonyl (C=O) groups excluding carboxylic acids is 1. The second-order valence-corrected chi connectivity index (χ2v) is 9.59. The summed E-state index contributed by atoms with van der Waals surface area (Å²) in [5, 5.41) is 23.2. The van der Waals surface area contributed by atoms with Gasteiger partial charge in [-0.1, -0.05) is 6.92 Å². The molecule has 1 fully saturated rings. The number of methoxy groups -OCH3 is 1. The molecule has 2 N–H and O–H groups in total. The van der Waals surface area contributed by atoms with Crippen molar-refractivity contribution in [3.05, 3.63) is 47.5 Å². The molecule has 2 aliphatic heterocycles. The monoisotopic (exact) mass is 512 g/mol. The molecule has 0 spiro atoms. The number of nitrogens with zero attached hydrogens (tertiary/aromatic N) is 6. The average Bonchev–Trinajstić information content (AvgIpc) is 3.25. The van der Waals surface area contributed by atoms with Crippen molar-refractivity contribution in [3.8, 4) is 23.2 Å². The van der Waals surface area contributed by atoms with Gasteiger partial charge in [0, 0.05) is 48.5 Å². The van der Waals surface area contributed by atoms with Crippen LogP contribution in [0.5, 0.6) is 5.88 Å². The van der Waals surface area contributed by atoms with Crippen LogP contribution < -0.4 is 14.9 Å². The maximum atomic E-state index is 11.2. The Bertz CT molecular complexity index is 1390. The molecule has 0 bridgehead atoms. The van der Waals surface area contributed by atoms with Crippen LogP contribution in [0, 0.1) is 11.3 Å². The fraction of sp³-hybridized carbons (Fsp3) is 0.385. The molecular formula is C26H27BN7O4. The van der Waals surface area contributed by atoms with Crippen LogP contribution in [-0.2, 0) is 14.9 Å². The van der Waals surface area contributed by atoms with Crippen LogP contribution in [0.25, 0.3) is 11.3 Å². The van der Waals surface area contributed by atoms with Crippen molar-refractivity contribution < 1.29 is 19.4 Å². The molecule has 1 aromatic carbocycles. The molecule has 12 heteroatoms. The molecule has 193 valence electrons. The highest BCUT2D eigenvalue weighted by Crippen LogP contribution is 2.44. The number of rotatable bonds is 8. The number of carbonyl (C=O) groups is 1. The summed E-state index contributed by atoms with van der Waals surface area (Å²) in [6.45, 7) is 3.53. The Morgan fingerprint density at radius 1 is 1.34 bits per heavy atom. The molecule has 3 aromatic rings. The van der Waals surface area contributed by atoms with Crippen LogP contribution in [0.1, 0.15) is 42.6 Å². The predicted octanol–water partition coefficient (Wildman–Crippen LogP) is 2.33. The summed E-state index contributed by atoms with van der Waals surface area (Å²) in [4.78, 5) is 31.0. The first-order chi connectivity index (χ1) is 18.5. The third-order valence-electron chi connectivity index (χ3n) is 7.03. The molecule has 4 heterocycles. The van der Waals surface area contributed by atoms with Crippen LogP contribution in [-0.4, -0.2) is 72.1 Å². The molecular weight excluding hydrogens is 485 g/mol. The Morgan fingerprint density at radius 2 is 2.16 bits per heavy atom. The molecule has 0 amide bonds. The lowest BCUT2D eigenvalue weighted by atomic mass is 9.83. The standard InChI is InChI=1S/C26H27BN7O4/c1-26(14-35)13-34(27-15-36)22-18(11-28)9-17(10-19(22)26)20-3-6-29-25(31-20)32-21-12-30-23(33-24(21)37-2)16-4-7-38-8-5-16/h3,6,9-10,12,15-16,35H,4-5,7-8,13-14H2,1-2H3,(H,29,31,32)/t26-/m1/s1. The smallest absolute Gasteiger partial charge is 0.329 e. The zero-order valence-corrected chi connectivity index (χ0v) is 21.2. The summed E-state index contributed by atoms with van der Waals surface area (Å²) in [5.41, 5.74) is 2.94. The predicted molar refractivity (Wildman–Crippen MR) is 141 cm³/mol. The number of nitrogens with one attached hydrogen (secondary N) is 1. The van der Waals surface area contributed by atoms with Gasteiger partial charge in [0.05, 0.1) is 31.2 Å². The van der Waals surface area contributed by atoms with Crippen molar-refractivity contribution in [1.29, 1.82) is 5.26 Å². The highest BCUT2D eigenvalue weighted by molar-refractivity contribution is 6.70. The molecule has 5 rings (SSSR count). The molecule has 1 radical (unpaired) electrons. The number of anilines is 3. The van der Waals surface area contributed by atoms with Crippen LogP contribution in [0.15, 0.2) is 30.6 Å². The Hall–Kier alpha value is -4.08. The first-order valence-corrected chi connectivity index (χ1v) is 12.3. The Kier molecular flexibility index (Phi) is 7.22. The minimum absolute atomic E-state index is 0.141. The second kappa shape index (κ2) is 10.7. The van der Waals surface area contributed by atoms with Gasteiger partial charge in [-0.3, -0.25) is 0 Å². The molecule has 0 aliphatic carbocycles. The minimum atomic E-state index is -0.651. The number of nitriles is 1. The number of aromatic nitrogens is 4. The summed E-state index contributed by atoms with van der Waals surface area (Å²) in [7, 11) is 2.94. The van der Waals surface area contributed by atoms with E-state index >= 15 is 0 Å². The summed E-state index contributed by atoms with van der Waals surface area (Å²) in [5.74, 6) is 1.65. The van der Waals surface area contributed by atoms with Gasteiger partial charge in [0.25, 0.3) is 0 Å².